The van der Waals surface area contributed by atoms with Crippen molar-refractivity contribution in [3.05, 3.63) is 94.8 Å². The van der Waals surface area contributed by atoms with Crippen LogP contribution in [-0.2, 0) is 6.54 Å². The molecule has 1 aliphatic rings. The second-order valence-electron chi connectivity index (χ2n) is 7.29. The van der Waals surface area contributed by atoms with Crippen molar-refractivity contribution in [3.63, 3.8) is 0 Å². The van der Waals surface area contributed by atoms with E-state index in [1.807, 2.05) is 6.07 Å². The lowest BCUT2D eigenvalue weighted by Gasteiger charge is -2.36. The lowest BCUT2D eigenvalue weighted by atomic mass is 10.1. The van der Waals surface area contributed by atoms with Crippen LogP contribution in [0, 0.1) is 5.82 Å². The van der Waals surface area contributed by atoms with E-state index >= 15 is 0 Å². The molecule has 0 bridgehead atoms. The highest BCUT2D eigenvalue weighted by Gasteiger charge is 2.28. The quantitative estimate of drug-likeness (QED) is 0.567. The van der Waals surface area contributed by atoms with Gasteiger partial charge in [0.2, 0.25) is 0 Å². The summed E-state index contributed by atoms with van der Waals surface area (Å²) in [6, 6.07) is 20.0. The summed E-state index contributed by atoms with van der Waals surface area (Å²) in [6.07, 6.45) is 0.758. The zero-order valence-electron chi connectivity index (χ0n) is 16.7. The lowest BCUT2D eigenvalue weighted by molar-refractivity contribution is 0.102. The molecular weight excluding hydrogens is 417 g/mol. The largest absolute Gasteiger partial charge is 0.324 e. The molecule has 3 aromatic rings. The van der Waals surface area contributed by atoms with Gasteiger partial charge in [-0.3, -0.25) is 9.69 Å². The lowest BCUT2D eigenvalue weighted by Crippen LogP contribution is -2.49. The SMILES string of the molecule is O=C(Nc1ccccc1N1CCCN(Cc2cccc(F)c2)C1=O)c1ccccc1Cl. The molecule has 0 spiro atoms. The van der Waals surface area contributed by atoms with E-state index in [4.69, 9.17) is 11.6 Å². The summed E-state index contributed by atoms with van der Waals surface area (Å²) in [4.78, 5) is 29.3. The molecule has 7 heteroatoms. The molecule has 0 aliphatic carbocycles. The molecule has 1 aliphatic heterocycles. The Morgan fingerprint density at radius 1 is 1.00 bits per heavy atom. The number of carbonyl (C=O) groups is 2. The number of carbonyl (C=O) groups excluding carboxylic acids is 2. The molecule has 0 saturated carbocycles. The van der Waals surface area contributed by atoms with Gasteiger partial charge < -0.3 is 10.2 Å². The van der Waals surface area contributed by atoms with Crippen LogP contribution < -0.4 is 10.2 Å². The van der Waals surface area contributed by atoms with Crippen LogP contribution in [0.5, 0.6) is 0 Å². The molecule has 1 saturated heterocycles. The minimum Gasteiger partial charge on any atom is -0.320 e. The summed E-state index contributed by atoms with van der Waals surface area (Å²) in [5.74, 6) is -0.675. The first-order valence-electron chi connectivity index (χ1n) is 9.99. The van der Waals surface area contributed by atoms with Crippen molar-refractivity contribution in [1.82, 2.24) is 4.90 Å². The topological polar surface area (TPSA) is 52.7 Å². The monoisotopic (exact) mass is 437 g/mol. The van der Waals surface area contributed by atoms with E-state index in [0.29, 0.717) is 41.6 Å². The van der Waals surface area contributed by atoms with Gasteiger partial charge in [0.25, 0.3) is 5.91 Å². The third-order valence-electron chi connectivity index (χ3n) is 5.14. The minimum atomic E-state index is -0.348. The first kappa shape index (κ1) is 20.9. The zero-order valence-corrected chi connectivity index (χ0v) is 17.5. The van der Waals surface area contributed by atoms with Crippen molar-refractivity contribution in [2.45, 2.75) is 13.0 Å². The van der Waals surface area contributed by atoms with Gasteiger partial charge in [-0.05, 0) is 48.4 Å². The molecule has 31 heavy (non-hydrogen) atoms. The number of anilines is 2. The number of amides is 3. The molecule has 5 nitrogen and oxygen atoms in total. The molecule has 0 unspecified atom stereocenters. The maximum Gasteiger partial charge on any atom is 0.324 e. The van der Waals surface area contributed by atoms with Crippen molar-refractivity contribution in [2.24, 2.45) is 0 Å². The second kappa shape index (κ2) is 9.18. The number of para-hydroxylation sites is 2. The van der Waals surface area contributed by atoms with Crippen molar-refractivity contribution in [3.8, 4) is 0 Å². The number of rotatable bonds is 5. The summed E-state index contributed by atoms with van der Waals surface area (Å²) < 4.78 is 13.5. The second-order valence-corrected chi connectivity index (χ2v) is 7.70. The molecular formula is C24H21ClFN3O2. The van der Waals surface area contributed by atoms with Gasteiger partial charge >= 0.3 is 6.03 Å². The standard InChI is InChI=1S/C24H21ClFN3O2/c25-20-10-2-1-9-19(20)23(30)27-21-11-3-4-12-22(21)29-14-6-13-28(24(29)31)16-17-7-5-8-18(26)15-17/h1-5,7-12,15H,6,13-14,16H2,(H,27,30). The van der Waals surface area contributed by atoms with Gasteiger partial charge in [-0.15, -0.1) is 0 Å². The Labute approximate surface area is 185 Å². The summed E-state index contributed by atoms with van der Waals surface area (Å²) in [7, 11) is 0. The maximum absolute atomic E-state index is 13.5. The molecule has 1 heterocycles. The Bertz CT molecular complexity index is 1120. The van der Waals surface area contributed by atoms with Crippen LogP contribution in [0.2, 0.25) is 5.02 Å². The van der Waals surface area contributed by atoms with Crippen LogP contribution in [0.3, 0.4) is 0 Å². The van der Waals surface area contributed by atoms with Crippen molar-refractivity contribution in [2.75, 3.05) is 23.3 Å². The Kier molecular flexibility index (Phi) is 6.18. The molecule has 3 amide bonds. The van der Waals surface area contributed by atoms with Crippen LogP contribution in [0.4, 0.5) is 20.6 Å². The number of nitrogens with one attached hydrogen (secondary N) is 1. The van der Waals surface area contributed by atoms with E-state index < -0.39 is 0 Å². The van der Waals surface area contributed by atoms with Crippen LogP contribution in [0.1, 0.15) is 22.3 Å². The minimum absolute atomic E-state index is 0.185. The van der Waals surface area contributed by atoms with E-state index in [-0.39, 0.29) is 17.8 Å². The first-order valence-corrected chi connectivity index (χ1v) is 10.4. The fourth-order valence-electron chi connectivity index (χ4n) is 3.66. The van der Waals surface area contributed by atoms with Crippen LogP contribution in [0.15, 0.2) is 72.8 Å². The van der Waals surface area contributed by atoms with Gasteiger partial charge in [-0.1, -0.05) is 48.0 Å². The third kappa shape index (κ3) is 4.70. The van der Waals surface area contributed by atoms with E-state index in [9.17, 15) is 14.0 Å². The van der Waals surface area contributed by atoms with E-state index in [1.165, 1.54) is 12.1 Å². The number of hydrogen-bond acceptors (Lipinski definition) is 2. The van der Waals surface area contributed by atoms with Crippen LogP contribution in [-0.4, -0.2) is 29.9 Å². The fourth-order valence-corrected chi connectivity index (χ4v) is 3.88. The van der Waals surface area contributed by atoms with Gasteiger partial charge in [-0.2, -0.15) is 0 Å². The highest BCUT2D eigenvalue weighted by Crippen LogP contribution is 2.30. The molecule has 0 radical (unpaired) electrons. The van der Waals surface area contributed by atoms with Gasteiger partial charge in [0.15, 0.2) is 0 Å². The average molecular weight is 438 g/mol. The molecule has 0 aromatic heterocycles. The third-order valence-corrected chi connectivity index (χ3v) is 5.46. The molecule has 4 rings (SSSR count). The van der Waals surface area contributed by atoms with Gasteiger partial charge in [0.1, 0.15) is 5.82 Å². The van der Waals surface area contributed by atoms with E-state index in [0.717, 1.165) is 12.0 Å². The molecule has 158 valence electrons. The Hall–Kier alpha value is -3.38. The van der Waals surface area contributed by atoms with Crippen LogP contribution in [0.25, 0.3) is 0 Å². The van der Waals surface area contributed by atoms with E-state index in [2.05, 4.69) is 5.32 Å². The van der Waals surface area contributed by atoms with Gasteiger partial charge in [0, 0.05) is 19.6 Å². The predicted molar refractivity (Wildman–Crippen MR) is 120 cm³/mol. The number of benzene rings is 3. The Morgan fingerprint density at radius 2 is 1.77 bits per heavy atom. The Balaban J connectivity index is 1.56. The van der Waals surface area contributed by atoms with Crippen molar-refractivity contribution < 1.29 is 14.0 Å². The molecule has 1 fully saturated rings. The summed E-state index contributed by atoms with van der Waals surface area (Å²) in [5.41, 5.74) is 2.22. The Morgan fingerprint density at radius 3 is 2.58 bits per heavy atom. The number of hydrogen-bond donors (Lipinski definition) is 1. The number of urea groups is 1. The van der Waals surface area contributed by atoms with Crippen molar-refractivity contribution >= 4 is 34.9 Å². The predicted octanol–water partition coefficient (Wildman–Crippen LogP) is 5.56. The highest BCUT2D eigenvalue weighted by molar-refractivity contribution is 6.34. The number of halogens is 2. The van der Waals surface area contributed by atoms with Crippen molar-refractivity contribution in [1.29, 1.82) is 0 Å². The smallest absolute Gasteiger partial charge is 0.320 e. The van der Waals surface area contributed by atoms with Crippen LogP contribution >= 0.6 is 11.6 Å². The summed E-state index contributed by atoms with van der Waals surface area (Å²) >= 11 is 6.15. The first-order chi connectivity index (χ1) is 15.0. The highest BCUT2D eigenvalue weighted by atomic mass is 35.5. The normalized spacial score (nSPS) is 13.9. The van der Waals surface area contributed by atoms with E-state index in [1.54, 1.807) is 64.4 Å². The summed E-state index contributed by atoms with van der Waals surface area (Å²) in [6.45, 7) is 1.43. The maximum atomic E-state index is 13.5. The average Bonchev–Trinajstić information content (AvgIpc) is 2.76. The molecule has 1 N–H and O–H groups in total. The molecule has 3 aromatic carbocycles. The zero-order chi connectivity index (χ0) is 21.8. The van der Waals surface area contributed by atoms with Gasteiger partial charge in [-0.25, -0.2) is 9.18 Å². The fraction of sp³-hybridized carbons (Fsp3) is 0.167. The van der Waals surface area contributed by atoms with Gasteiger partial charge in [0.05, 0.1) is 22.0 Å². The molecule has 0 atom stereocenters. The number of nitrogens with zero attached hydrogens (tertiary/aromatic N) is 2. The summed E-state index contributed by atoms with van der Waals surface area (Å²) in [5, 5.41) is 3.23.